The molecule has 2 N–H and O–H groups in total. The minimum atomic E-state index is -0.786. The summed E-state index contributed by atoms with van der Waals surface area (Å²) in [6, 6.07) is 18.2. The van der Waals surface area contributed by atoms with Gasteiger partial charge in [-0.25, -0.2) is 0 Å². The van der Waals surface area contributed by atoms with Gasteiger partial charge in [0, 0.05) is 15.0 Å². The van der Waals surface area contributed by atoms with Crippen LogP contribution in [-0.2, 0) is 0 Å². The lowest BCUT2D eigenvalue weighted by Crippen LogP contribution is -2.20. The van der Waals surface area contributed by atoms with Crippen LogP contribution in [0.25, 0.3) is 10.1 Å². The Bertz CT molecular complexity index is 709. The van der Waals surface area contributed by atoms with Gasteiger partial charge >= 0.3 is 0 Å². The Morgan fingerprint density at radius 3 is 2.57 bits per heavy atom. The average Bonchev–Trinajstić information content (AvgIpc) is 3.02. The first-order chi connectivity index (χ1) is 10.3. The number of rotatable bonds is 5. The Morgan fingerprint density at radius 1 is 1.00 bits per heavy atom. The monoisotopic (exact) mass is 316 g/mol. The number of thiophene rings is 1. The predicted octanol–water partition coefficient (Wildman–Crippen LogP) is 4.09. The highest BCUT2D eigenvalue weighted by Gasteiger charge is 2.22. The summed E-state index contributed by atoms with van der Waals surface area (Å²) in [6.07, 6.45) is -0.786. The maximum Gasteiger partial charge on any atom is 0.0933 e. The summed E-state index contributed by atoms with van der Waals surface area (Å²) in [4.78, 5) is 1.13. The molecule has 2 aromatic carbocycles. The lowest BCUT2D eigenvalue weighted by molar-refractivity contribution is 0.0931. The van der Waals surface area contributed by atoms with E-state index in [-0.39, 0.29) is 11.9 Å². The van der Waals surface area contributed by atoms with E-state index in [0.29, 0.717) is 0 Å². The van der Waals surface area contributed by atoms with Crippen molar-refractivity contribution in [3.63, 3.8) is 0 Å². The number of hydrogen-bond donors (Lipinski definition) is 2. The SMILES string of the molecule is OCC(O)[C@@H](Sc1cccc2sccc12)c1ccccc1. The van der Waals surface area contributed by atoms with Gasteiger partial charge in [0.05, 0.1) is 18.0 Å². The van der Waals surface area contributed by atoms with Crippen LogP contribution >= 0.6 is 23.1 Å². The minimum Gasteiger partial charge on any atom is -0.394 e. The Hall–Kier alpha value is -1.33. The molecule has 0 bridgehead atoms. The molecule has 108 valence electrons. The first-order valence-electron chi connectivity index (χ1n) is 6.76. The molecule has 4 heteroatoms. The zero-order valence-corrected chi connectivity index (χ0v) is 13.0. The van der Waals surface area contributed by atoms with Gasteiger partial charge in [0.2, 0.25) is 0 Å². The van der Waals surface area contributed by atoms with Crippen molar-refractivity contribution >= 4 is 33.2 Å². The topological polar surface area (TPSA) is 40.5 Å². The molecule has 2 nitrogen and oxygen atoms in total. The molecule has 0 fully saturated rings. The molecule has 0 radical (unpaired) electrons. The van der Waals surface area contributed by atoms with E-state index in [9.17, 15) is 10.2 Å². The van der Waals surface area contributed by atoms with Crippen molar-refractivity contribution in [3.05, 3.63) is 65.5 Å². The fourth-order valence-electron chi connectivity index (χ4n) is 2.31. The summed E-state index contributed by atoms with van der Waals surface area (Å²) in [7, 11) is 0. The number of thioether (sulfide) groups is 1. The number of fused-ring (bicyclic) bond motifs is 1. The number of hydrogen-bond acceptors (Lipinski definition) is 4. The van der Waals surface area contributed by atoms with Gasteiger partial charge in [-0.1, -0.05) is 36.4 Å². The molecule has 0 aliphatic carbocycles. The highest BCUT2D eigenvalue weighted by atomic mass is 32.2. The predicted molar refractivity (Wildman–Crippen MR) is 90.0 cm³/mol. The Kier molecular flexibility index (Phi) is 4.60. The summed E-state index contributed by atoms with van der Waals surface area (Å²) in [5.74, 6) is 0. The van der Waals surface area contributed by atoms with Crippen molar-refractivity contribution in [1.82, 2.24) is 0 Å². The van der Waals surface area contributed by atoms with Crippen molar-refractivity contribution in [3.8, 4) is 0 Å². The highest BCUT2D eigenvalue weighted by molar-refractivity contribution is 7.99. The van der Waals surface area contributed by atoms with Crippen LogP contribution in [0.2, 0.25) is 0 Å². The second-order valence-corrected chi connectivity index (χ2v) is 6.92. The quantitative estimate of drug-likeness (QED) is 0.697. The van der Waals surface area contributed by atoms with E-state index in [0.717, 1.165) is 10.5 Å². The van der Waals surface area contributed by atoms with E-state index >= 15 is 0 Å². The first kappa shape index (κ1) is 14.6. The van der Waals surface area contributed by atoms with Crippen molar-refractivity contribution in [2.75, 3.05) is 6.61 Å². The van der Waals surface area contributed by atoms with Crippen molar-refractivity contribution < 1.29 is 10.2 Å². The fraction of sp³-hybridized carbons (Fsp3) is 0.176. The molecular formula is C17H16O2S2. The summed E-state index contributed by atoms with van der Waals surface area (Å²) in [5.41, 5.74) is 1.02. The summed E-state index contributed by atoms with van der Waals surface area (Å²) >= 11 is 3.32. The fourth-order valence-corrected chi connectivity index (χ4v) is 4.46. The molecule has 0 aliphatic heterocycles. The molecular weight excluding hydrogens is 300 g/mol. The van der Waals surface area contributed by atoms with Crippen LogP contribution in [0, 0.1) is 0 Å². The average molecular weight is 316 g/mol. The normalized spacial score (nSPS) is 14.2. The molecule has 0 saturated heterocycles. The lowest BCUT2D eigenvalue weighted by Gasteiger charge is -2.21. The third kappa shape index (κ3) is 3.14. The largest absolute Gasteiger partial charge is 0.394 e. The molecule has 21 heavy (non-hydrogen) atoms. The van der Waals surface area contributed by atoms with E-state index in [4.69, 9.17) is 0 Å². The van der Waals surface area contributed by atoms with Gasteiger partial charge in [-0.3, -0.25) is 0 Å². The molecule has 0 amide bonds. The van der Waals surface area contributed by atoms with Gasteiger partial charge in [0.15, 0.2) is 0 Å². The Morgan fingerprint density at radius 2 is 1.81 bits per heavy atom. The minimum absolute atomic E-state index is 0.179. The molecule has 0 aliphatic rings. The molecule has 2 atom stereocenters. The molecule has 0 saturated carbocycles. The Labute approximate surface area is 132 Å². The van der Waals surface area contributed by atoms with Gasteiger partial charge in [-0.15, -0.1) is 23.1 Å². The van der Waals surface area contributed by atoms with Crippen molar-refractivity contribution in [2.45, 2.75) is 16.2 Å². The highest BCUT2D eigenvalue weighted by Crippen LogP contribution is 2.41. The molecule has 1 heterocycles. The Balaban J connectivity index is 1.97. The second kappa shape index (κ2) is 6.62. The van der Waals surface area contributed by atoms with Gasteiger partial charge in [0.25, 0.3) is 0 Å². The third-order valence-electron chi connectivity index (χ3n) is 3.37. The lowest BCUT2D eigenvalue weighted by atomic mass is 10.1. The zero-order chi connectivity index (χ0) is 14.7. The number of aliphatic hydroxyl groups excluding tert-OH is 2. The van der Waals surface area contributed by atoms with Crippen molar-refractivity contribution in [1.29, 1.82) is 0 Å². The summed E-state index contributed by atoms with van der Waals surface area (Å²) < 4.78 is 1.24. The van der Waals surface area contributed by atoms with Crippen LogP contribution in [-0.4, -0.2) is 22.9 Å². The molecule has 3 aromatic rings. The first-order valence-corrected chi connectivity index (χ1v) is 8.52. The molecule has 1 aromatic heterocycles. The van der Waals surface area contributed by atoms with Gasteiger partial charge in [-0.05, 0) is 29.1 Å². The van der Waals surface area contributed by atoms with E-state index < -0.39 is 6.10 Å². The van der Waals surface area contributed by atoms with Gasteiger partial charge in [0.1, 0.15) is 0 Å². The van der Waals surface area contributed by atoms with E-state index in [2.05, 4.69) is 23.6 Å². The van der Waals surface area contributed by atoms with Gasteiger partial charge in [-0.2, -0.15) is 0 Å². The van der Waals surface area contributed by atoms with Crippen LogP contribution < -0.4 is 0 Å². The maximum atomic E-state index is 10.2. The van der Waals surface area contributed by atoms with Crippen LogP contribution in [0.15, 0.2) is 64.9 Å². The zero-order valence-electron chi connectivity index (χ0n) is 11.3. The third-order valence-corrected chi connectivity index (χ3v) is 5.71. The molecule has 1 unspecified atom stereocenters. The van der Waals surface area contributed by atoms with E-state index in [1.807, 2.05) is 36.4 Å². The van der Waals surface area contributed by atoms with E-state index in [1.165, 1.54) is 10.1 Å². The van der Waals surface area contributed by atoms with Crippen LogP contribution in [0.3, 0.4) is 0 Å². The summed E-state index contributed by atoms with van der Waals surface area (Å²) in [5, 5.41) is 22.6. The standard InChI is InChI=1S/C17H16O2S2/c18-11-14(19)17(12-5-2-1-3-6-12)21-16-8-4-7-15-13(16)9-10-20-15/h1-10,14,17-19H,11H2/t14?,17-/m0/s1. The van der Waals surface area contributed by atoms with Crippen molar-refractivity contribution in [2.24, 2.45) is 0 Å². The van der Waals surface area contributed by atoms with Crippen LogP contribution in [0.5, 0.6) is 0 Å². The summed E-state index contributed by atoms with van der Waals surface area (Å²) in [6.45, 7) is -0.244. The molecule has 3 rings (SSSR count). The van der Waals surface area contributed by atoms with Gasteiger partial charge < -0.3 is 10.2 Å². The number of aliphatic hydroxyl groups is 2. The van der Waals surface area contributed by atoms with E-state index in [1.54, 1.807) is 23.1 Å². The second-order valence-electron chi connectivity index (χ2n) is 4.79. The van der Waals surface area contributed by atoms with Crippen LogP contribution in [0.1, 0.15) is 10.8 Å². The smallest absolute Gasteiger partial charge is 0.0933 e. The maximum absolute atomic E-state index is 10.2. The number of benzene rings is 2. The van der Waals surface area contributed by atoms with Crippen LogP contribution in [0.4, 0.5) is 0 Å². The molecule has 0 spiro atoms.